The number of benzene rings is 1. The minimum Gasteiger partial charge on any atom is -0.376 e. The fourth-order valence-corrected chi connectivity index (χ4v) is 6.26. The Balaban J connectivity index is 1.38. The second-order valence-corrected chi connectivity index (χ2v) is 10.4. The maximum Gasteiger partial charge on any atom is 0.334 e. The Morgan fingerprint density at radius 3 is 2.50 bits per heavy atom. The lowest BCUT2D eigenvalue weighted by Crippen LogP contribution is -2.48. The molecule has 2 N–H and O–H groups in total. The highest BCUT2D eigenvalue weighted by molar-refractivity contribution is 7.91. The predicted octanol–water partition coefficient (Wildman–Crippen LogP) is 2.45. The molecule has 10 heteroatoms. The molecule has 1 aromatic heterocycles. The molecule has 2 aromatic rings. The molecule has 172 valence electrons. The van der Waals surface area contributed by atoms with Crippen molar-refractivity contribution >= 4 is 27.6 Å². The van der Waals surface area contributed by atoms with E-state index in [4.69, 9.17) is 4.74 Å². The topological polar surface area (TPSA) is 106 Å². The Morgan fingerprint density at radius 2 is 1.91 bits per heavy atom. The number of aromatic nitrogens is 2. The molecule has 1 aromatic carbocycles. The molecule has 0 bridgehead atoms. The van der Waals surface area contributed by atoms with E-state index in [1.807, 2.05) is 0 Å². The van der Waals surface area contributed by atoms with Gasteiger partial charge in [-0.3, -0.25) is 4.68 Å². The van der Waals surface area contributed by atoms with E-state index in [0.717, 1.165) is 68.2 Å². The van der Waals surface area contributed by atoms with Crippen LogP contribution in [0.25, 0.3) is 0 Å². The minimum absolute atomic E-state index is 0.129. The van der Waals surface area contributed by atoms with Crippen LogP contribution in [0.15, 0.2) is 18.5 Å². The van der Waals surface area contributed by atoms with Gasteiger partial charge in [0.2, 0.25) is 0 Å². The van der Waals surface area contributed by atoms with Crippen LogP contribution < -0.4 is 14.3 Å². The van der Waals surface area contributed by atoms with Crippen molar-refractivity contribution in [3.8, 4) is 0 Å². The smallest absolute Gasteiger partial charge is 0.334 e. The van der Waals surface area contributed by atoms with Gasteiger partial charge >= 0.3 is 16.2 Å². The summed E-state index contributed by atoms with van der Waals surface area (Å²) in [5, 5.41) is 6.99. The van der Waals surface area contributed by atoms with E-state index in [1.54, 1.807) is 13.2 Å². The summed E-state index contributed by atoms with van der Waals surface area (Å²) in [4.78, 5) is 12.9. The van der Waals surface area contributed by atoms with Gasteiger partial charge in [0.15, 0.2) is 0 Å². The zero-order chi connectivity index (χ0) is 22.3. The van der Waals surface area contributed by atoms with Gasteiger partial charge in [-0.05, 0) is 73.6 Å². The van der Waals surface area contributed by atoms with Crippen molar-refractivity contribution in [3.05, 3.63) is 40.7 Å². The molecule has 1 fully saturated rings. The molecule has 0 saturated carbocycles. The van der Waals surface area contributed by atoms with Crippen molar-refractivity contribution in [2.24, 2.45) is 7.05 Å². The summed E-state index contributed by atoms with van der Waals surface area (Å²) in [5.74, 6) is 0. The summed E-state index contributed by atoms with van der Waals surface area (Å²) < 4.78 is 37.1. The number of carbonyl (C=O) groups excluding carboxylic acids is 1. The van der Waals surface area contributed by atoms with Crippen molar-refractivity contribution in [3.63, 3.8) is 0 Å². The molecule has 2 aliphatic carbocycles. The molecule has 9 nitrogen and oxygen atoms in total. The maximum atomic E-state index is 13.3. The molecular formula is C22H29N5O4S. The normalized spacial score (nSPS) is 19.6. The van der Waals surface area contributed by atoms with Gasteiger partial charge in [-0.25, -0.2) is 13.8 Å². The Labute approximate surface area is 188 Å². The summed E-state index contributed by atoms with van der Waals surface area (Å²) >= 11 is 0. The van der Waals surface area contributed by atoms with E-state index in [1.165, 1.54) is 26.3 Å². The van der Waals surface area contributed by atoms with Gasteiger partial charge in [-0.1, -0.05) is 6.07 Å². The third-order valence-electron chi connectivity index (χ3n) is 6.60. The lowest BCUT2D eigenvalue weighted by atomic mass is 9.99. The largest absolute Gasteiger partial charge is 0.376 e. The highest BCUT2D eigenvalue weighted by Gasteiger charge is 2.31. The molecule has 2 heterocycles. The molecule has 1 atom stereocenters. The maximum absolute atomic E-state index is 13.3. The molecule has 0 radical (unpaired) electrons. The van der Waals surface area contributed by atoms with Crippen LogP contribution in [0.1, 0.15) is 47.9 Å². The van der Waals surface area contributed by atoms with Crippen molar-refractivity contribution in [1.29, 1.82) is 0 Å². The van der Waals surface area contributed by atoms with Gasteiger partial charge in [-0.15, -0.1) is 0 Å². The lowest BCUT2D eigenvalue weighted by molar-refractivity contribution is 0.118. The number of rotatable bonds is 6. The number of urea groups is 1. The number of nitrogens with one attached hydrogen (secondary N) is 2. The van der Waals surface area contributed by atoms with E-state index >= 15 is 0 Å². The van der Waals surface area contributed by atoms with Crippen molar-refractivity contribution < 1.29 is 17.9 Å². The number of fused-ring (bicyclic) bond motifs is 2. The third kappa shape index (κ3) is 4.09. The van der Waals surface area contributed by atoms with E-state index in [0.29, 0.717) is 12.3 Å². The molecule has 32 heavy (non-hydrogen) atoms. The molecule has 1 saturated heterocycles. The summed E-state index contributed by atoms with van der Waals surface area (Å²) in [5.41, 5.74) is 6.07. The Kier molecular flexibility index (Phi) is 5.58. The number of ether oxygens (including phenoxy) is 1. The Morgan fingerprint density at radius 1 is 1.19 bits per heavy atom. The van der Waals surface area contributed by atoms with Crippen LogP contribution >= 0.6 is 0 Å². The monoisotopic (exact) mass is 459 g/mol. The summed E-state index contributed by atoms with van der Waals surface area (Å²) in [6.07, 6.45) is 10.5. The summed E-state index contributed by atoms with van der Waals surface area (Å²) in [6.45, 7) is 0.744. The first kappa shape index (κ1) is 21.3. The van der Waals surface area contributed by atoms with Gasteiger partial charge in [0, 0.05) is 25.5 Å². The zero-order valence-corrected chi connectivity index (χ0v) is 19.1. The third-order valence-corrected chi connectivity index (χ3v) is 7.98. The quantitative estimate of drug-likeness (QED) is 0.690. The second kappa shape index (κ2) is 8.40. The van der Waals surface area contributed by atoms with Crippen molar-refractivity contribution in [1.82, 2.24) is 14.5 Å². The molecule has 0 unspecified atom stereocenters. The minimum atomic E-state index is -4.16. The number of hydrogen-bond donors (Lipinski definition) is 2. The molecule has 5 rings (SSSR count). The van der Waals surface area contributed by atoms with Gasteiger partial charge in [0.1, 0.15) is 0 Å². The van der Waals surface area contributed by atoms with Gasteiger partial charge in [0.05, 0.1) is 24.5 Å². The predicted molar refractivity (Wildman–Crippen MR) is 121 cm³/mol. The number of nitrogens with zero attached hydrogens (tertiary/aromatic N) is 3. The fraction of sp³-hybridized carbons (Fsp3) is 0.545. The molecule has 0 spiro atoms. The zero-order valence-electron chi connectivity index (χ0n) is 18.3. The highest BCUT2D eigenvalue weighted by atomic mass is 32.2. The van der Waals surface area contributed by atoms with Crippen LogP contribution in [-0.4, -0.2) is 43.5 Å². The van der Waals surface area contributed by atoms with Gasteiger partial charge < -0.3 is 10.1 Å². The Hall–Kier alpha value is -2.59. The second-order valence-electron chi connectivity index (χ2n) is 8.83. The average molecular weight is 460 g/mol. The van der Waals surface area contributed by atoms with Gasteiger partial charge in [0.25, 0.3) is 0 Å². The molecule has 1 aliphatic heterocycles. The summed E-state index contributed by atoms with van der Waals surface area (Å²) in [6, 6.07) is 1.54. The van der Waals surface area contributed by atoms with Gasteiger partial charge in [-0.2, -0.15) is 13.5 Å². The fourth-order valence-electron chi connectivity index (χ4n) is 5.13. The van der Waals surface area contributed by atoms with E-state index in [9.17, 15) is 13.2 Å². The number of carbonyl (C=O) groups is 1. The highest BCUT2D eigenvalue weighted by Crippen LogP contribution is 2.38. The Bertz CT molecular complexity index is 1110. The number of amides is 2. The van der Waals surface area contributed by atoms with Crippen LogP contribution in [0.5, 0.6) is 0 Å². The summed E-state index contributed by atoms with van der Waals surface area (Å²) in [7, 11) is -2.44. The van der Waals surface area contributed by atoms with E-state index in [-0.39, 0.29) is 12.6 Å². The van der Waals surface area contributed by atoms with Crippen LogP contribution in [0.4, 0.5) is 16.2 Å². The van der Waals surface area contributed by atoms with Crippen LogP contribution in [-0.2, 0) is 47.7 Å². The van der Waals surface area contributed by atoms with Crippen LogP contribution in [0, 0.1) is 0 Å². The number of hydrogen-bond acceptors (Lipinski definition) is 5. The van der Waals surface area contributed by atoms with Crippen LogP contribution in [0.3, 0.4) is 0 Å². The first-order chi connectivity index (χ1) is 15.4. The van der Waals surface area contributed by atoms with E-state index in [2.05, 4.69) is 21.2 Å². The lowest BCUT2D eigenvalue weighted by Gasteiger charge is -2.25. The number of aryl methyl sites for hydroxylation is 3. The van der Waals surface area contributed by atoms with E-state index < -0.39 is 16.2 Å². The van der Waals surface area contributed by atoms with Crippen molar-refractivity contribution in [2.75, 3.05) is 22.8 Å². The first-order valence-electron chi connectivity index (χ1n) is 11.3. The standard InChI is InChI=1S/C22H29N5O4S/c1-26-13-17(12-23-26)27(14-18-7-4-10-31-18)32(29,30)25-22(28)24-21-19-8-2-5-15(19)11-16-6-3-9-20(16)21/h11-13,18H,2-10,14H2,1H3,(H2,24,25,28)/t18-/m0/s1. The average Bonchev–Trinajstić information content (AvgIpc) is 3.52. The number of anilines is 2. The molecular weight excluding hydrogens is 430 g/mol. The molecule has 3 aliphatic rings. The molecule has 2 amide bonds. The van der Waals surface area contributed by atoms with Crippen molar-refractivity contribution in [2.45, 2.75) is 57.5 Å². The van der Waals surface area contributed by atoms with Crippen LogP contribution in [0.2, 0.25) is 0 Å². The first-order valence-corrected chi connectivity index (χ1v) is 12.7. The SMILES string of the molecule is Cn1cc(N(C[C@@H]2CCCO2)S(=O)(=O)NC(=O)Nc2c3c(cc4c2CCC4)CCC3)cn1.